The van der Waals surface area contributed by atoms with Gasteiger partial charge in [0.2, 0.25) is 0 Å². The summed E-state index contributed by atoms with van der Waals surface area (Å²) in [6, 6.07) is 8.26. The summed E-state index contributed by atoms with van der Waals surface area (Å²) in [6.45, 7) is 4.55. The van der Waals surface area contributed by atoms with E-state index in [2.05, 4.69) is 29.4 Å². The number of nitrogens with one attached hydrogen (secondary N) is 1. The molecule has 1 fully saturated rings. The molecule has 2 rings (SSSR count). The smallest absolute Gasteiger partial charge is 0.118 e. The number of rotatable bonds is 5. The Labute approximate surface area is 104 Å². The normalized spacial score (nSPS) is 20.7. The van der Waals surface area contributed by atoms with Gasteiger partial charge in [0.1, 0.15) is 5.75 Å². The van der Waals surface area contributed by atoms with Crippen molar-refractivity contribution in [3.05, 3.63) is 29.8 Å². The van der Waals surface area contributed by atoms with E-state index in [-0.39, 0.29) is 0 Å². The molecule has 1 aromatic carbocycles. The zero-order chi connectivity index (χ0) is 12.1. The minimum atomic E-state index is 0.818. The van der Waals surface area contributed by atoms with Gasteiger partial charge in [-0.3, -0.25) is 0 Å². The Balaban J connectivity index is 1.70. The molecule has 1 saturated heterocycles. The molecule has 3 heteroatoms. The fraction of sp³-hybridized carbons (Fsp3) is 0.571. The average Bonchev–Trinajstić information content (AvgIpc) is 2.76. The highest BCUT2D eigenvalue weighted by Crippen LogP contribution is 2.14. The highest BCUT2D eigenvalue weighted by molar-refractivity contribution is 5.26. The molecule has 1 aliphatic heterocycles. The third-order valence-corrected chi connectivity index (χ3v) is 3.41. The third-order valence-electron chi connectivity index (χ3n) is 3.41. The van der Waals surface area contributed by atoms with Crippen molar-refractivity contribution in [1.29, 1.82) is 0 Å². The molecular weight excluding hydrogens is 212 g/mol. The molecule has 94 valence electrons. The van der Waals surface area contributed by atoms with Crippen LogP contribution in [-0.2, 0) is 6.54 Å². The van der Waals surface area contributed by atoms with Crippen molar-refractivity contribution in [2.45, 2.75) is 13.0 Å². The van der Waals surface area contributed by atoms with Crippen LogP contribution in [0.3, 0.4) is 0 Å². The quantitative estimate of drug-likeness (QED) is 0.840. The highest BCUT2D eigenvalue weighted by atomic mass is 16.5. The first-order valence-electron chi connectivity index (χ1n) is 6.30. The number of hydrogen-bond acceptors (Lipinski definition) is 3. The number of likely N-dealkylation sites (tertiary alicyclic amines) is 1. The summed E-state index contributed by atoms with van der Waals surface area (Å²) in [5.74, 6) is 1.74. The van der Waals surface area contributed by atoms with Crippen LogP contribution in [-0.4, -0.2) is 38.7 Å². The summed E-state index contributed by atoms with van der Waals surface area (Å²) in [5.41, 5.74) is 1.32. The van der Waals surface area contributed by atoms with Crippen LogP contribution in [0.5, 0.6) is 5.75 Å². The van der Waals surface area contributed by atoms with Crippen molar-refractivity contribution in [2.24, 2.45) is 5.92 Å². The lowest BCUT2D eigenvalue weighted by Crippen LogP contribution is -2.24. The zero-order valence-corrected chi connectivity index (χ0v) is 10.8. The number of benzene rings is 1. The molecule has 0 aliphatic carbocycles. The number of nitrogens with zero attached hydrogens (tertiary/aromatic N) is 1. The summed E-state index contributed by atoms with van der Waals surface area (Å²) in [4.78, 5) is 2.40. The summed E-state index contributed by atoms with van der Waals surface area (Å²) in [6.07, 6.45) is 1.33. The molecule has 0 radical (unpaired) electrons. The predicted molar refractivity (Wildman–Crippen MR) is 70.3 cm³/mol. The van der Waals surface area contributed by atoms with Gasteiger partial charge >= 0.3 is 0 Å². The maximum atomic E-state index is 5.14. The van der Waals surface area contributed by atoms with Crippen molar-refractivity contribution in [1.82, 2.24) is 10.2 Å². The summed E-state index contributed by atoms with van der Waals surface area (Å²) >= 11 is 0. The van der Waals surface area contributed by atoms with Crippen molar-refractivity contribution in [3.8, 4) is 5.75 Å². The SMILES string of the molecule is COc1ccc(CNCC2CCN(C)C2)cc1. The van der Waals surface area contributed by atoms with Crippen molar-refractivity contribution in [3.63, 3.8) is 0 Å². The van der Waals surface area contributed by atoms with E-state index in [0.29, 0.717) is 0 Å². The lowest BCUT2D eigenvalue weighted by molar-refractivity contribution is 0.388. The number of ether oxygens (including phenoxy) is 1. The van der Waals surface area contributed by atoms with Gasteiger partial charge in [-0.15, -0.1) is 0 Å². The summed E-state index contributed by atoms with van der Waals surface area (Å²) in [7, 11) is 3.90. The predicted octanol–water partition coefficient (Wildman–Crippen LogP) is 1.74. The third kappa shape index (κ3) is 3.72. The van der Waals surface area contributed by atoms with Crippen molar-refractivity contribution >= 4 is 0 Å². The van der Waals surface area contributed by atoms with Gasteiger partial charge in [0.05, 0.1) is 7.11 Å². The van der Waals surface area contributed by atoms with Gasteiger partial charge in [0.25, 0.3) is 0 Å². The molecule has 1 aromatic rings. The van der Waals surface area contributed by atoms with Crippen LogP contribution in [0.15, 0.2) is 24.3 Å². The Morgan fingerprint density at radius 3 is 2.71 bits per heavy atom. The standard InChI is InChI=1S/C14H22N2O/c1-16-8-7-13(11-16)10-15-9-12-3-5-14(17-2)6-4-12/h3-6,13,15H,7-11H2,1-2H3. The molecule has 0 aromatic heterocycles. The molecule has 1 aliphatic rings. The van der Waals surface area contributed by atoms with E-state index in [0.717, 1.165) is 24.8 Å². The van der Waals surface area contributed by atoms with Crippen LogP contribution in [0.1, 0.15) is 12.0 Å². The molecule has 0 bridgehead atoms. The van der Waals surface area contributed by atoms with Crippen LogP contribution in [0.25, 0.3) is 0 Å². The lowest BCUT2D eigenvalue weighted by atomic mass is 10.1. The van der Waals surface area contributed by atoms with Gasteiger partial charge in [0, 0.05) is 13.1 Å². The molecule has 0 saturated carbocycles. The van der Waals surface area contributed by atoms with Gasteiger partial charge in [0.15, 0.2) is 0 Å². The Kier molecular flexibility index (Phi) is 4.40. The Bertz CT molecular complexity index is 337. The number of methoxy groups -OCH3 is 1. The van der Waals surface area contributed by atoms with E-state index >= 15 is 0 Å². The van der Waals surface area contributed by atoms with E-state index in [1.165, 1.54) is 25.1 Å². The van der Waals surface area contributed by atoms with Gasteiger partial charge in [-0.25, -0.2) is 0 Å². The maximum Gasteiger partial charge on any atom is 0.118 e. The second kappa shape index (κ2) is 6.03. The van der Waals surface area contributed by atoms with Crippen molar-refractivity contribution < 1.29 is 4.74 Å². The summed E-state index contributed by atoms with van der Waals surface area (Å²) < 4.78 is 5.14. The fourth-order valence-corrected chi connectivity index (χ4v) is 2.36. The van der Waals surface area contributed by atoms with Crippen LogP contribution >= 0.6 is 0 Å². The molecule has 1 atom stereocenters. The molecule has 1 N–H and O–H groups in total. The van der Waals surface area contributed by atoms with Crippen LogP contribution in [0.2, 0.25) is 0 Å². The molecule has 0 spiro atoms. The largest absolute Gasteiger partial charge is 0.497 e. The topological polar surface area (TPSA) is 24.5 Å². The van der Waals surface area contributed by atoms with Gasteiger partial charge in [-0.05, 0) is 50.2 Å². The van der Waals surface area contributed by atoms with E-state index in [1.807, 2.05) is 12.1 Å². The Morgan fingerprint density at radius 1 is 1.35 bits per heavy atom. The summed E-state index contributed by atoms with van der Waals surface area (Å²) in [5, 5.41) is 3.53. The first-order valence-corrected chi connectivity index (χ1v) is 6.30. The van der Waals surface area contributed by atoms with Gasteiger partial charge < -0.3 is 15.0 Å². The minimum absolute atomic E-state index is 0.818. The van der Waals surface area contributed by atoms with Crippen LogP contribution in [0, 0.1) is 5.92 Å². The first-order chi connectivity index (χ1) is 8.28. The zero-order valence-electron chi connectivity index (χ0n) is 10.8. The second-order valence-corrected chi connectivity index (χ2v) is 4.90. The number of hydrogen-bond donors (Lipinski definition) is 1. The minimum Gasteiger partial charge on any atom is -0.497 e. The van der Waals surface area contributed by atoms with Crippen LogP contribution in [0.4, 0.5) is 0 Å². The Morgan fingerprint density at radius 2 is 2.12 bits per heavy atom. The van der Waals surface area contributed by atoms with Gasteiger partial charge in [-0.2, -0.15) is 0 Å². The lowest BCUT2D eigenvalue weighted by Gasteiger charge is -2.11. The first kappa shape index (κ1) is 12.4. The highest BCUT2D eigenvalue weighted by Gasteiger charge is 2.18. The van der Waals surface area contributed by atoms with Crippen molar-refractivity contribution in [2.75, 3.05) is 33.8 Å². The van der Waals surface area contributed by atoms with E-state index < -0.39 is 0 Å². The fourth-order valence-electron chi connectivity index (χ4n) is 2.36. The van der Waals surface area contributed by atoms with E-state index in [4.69, 9.17) is 4.74 Å². The molecule has 1 heterocycles. The molecule has 0 amide bonds. The van der Waals surface area contributed by atoms with Crippen LogP contribution < -0.4 is 10.1 Å². The Hall–Kier alpha value is -1.06. The monoisotopic (exact) mass is 234 g/mol. The molecule has 3 nitrogen and oxygen atoms in total. The maximum absolute atomic E-state index is 5.14. The second-order valence-electron chi connectivity index (χ2n) is 4.90. The van der Waals surface area contributed by atoms with E-state index in [9.17, 15) is 0 Å². The van der Waals surface area contributed by atoms with Gasteiger partial charge in [-0.1, -0.05) is 12.1 Å². The molecule has 1 unspecified atom stereocenters. The average molecular weight is 234 g/mol. The molecular formula is C14H22N2O. The molecule has 17 heavy (non-hydrogen) atoms. The van der Waals surface area contributed by atoms with E-state index in [1.54, 1.807) is 7.11 Å².